The van der Waals surface area contributed by atoms with Crippen LogP contribution in [0.2, 0.25) is 0 Å². The van der Waals surface area contributed by atoms with Crippen LogP contribution in [0.5, 0.6) is 0 Å². The monoisotopic (exact) mass is 249 g/mol. The molecule has 2 nitrogen and oxygen atoms in total. The van der Waals surface area contributed by atoms with Gasteiger partial charge in [0.1, 0.15) is 0 Å². The van der Waals surface area contributed by atoms with Gasteiger partial charge >= 0.3 is 5.91 Å². The molecule has 0 spiro atoms. The standard InChI is InChI=1S/C17H15NO/c1-2-15-10-6-7-11-16(15)18-17(19)13-12-14-8-4-3-5-9-14/h3-11H,2H2,1H3,(H,18,19). The molecule has 0 aromatic heterocycles. The van der Waals surface area contributed by atoms with E-state index in [0.29, 0.717) is 0 Å². The number of para-hydroxylation sites is 1. The van der Waals surface area contributed by atoms with E-state index in [0.717, 1.165) is 23.2 Å². The zero-order chi connectivity index (χ0) is 13.5. The van der Waals surface area contributed by atoms with Gasteiger partial charge in [0, 0.05) is 17.2 Å². The molecular formula is C17H15NO. The van der Waals surface area contributed by atoms with Crippen molar-refractivity contribution < 1.29 is 4.79 Å². The van der Waals surface area contributed by atoms with Crippen molar-refractivity contribution >= 4 is 11.6 Å². The smallest absolute Gasteiger partial charge is 0.300 e. The van der Waals surface area contributed by atoms with E-state index >= 15 is 0 Å². The van der Waals surface area contributed by atoms with E-state index in [-0.39, 0.29) is 5.91 Å². The molecule has 0 saturated heterocycles. The highest BCUT2D eigenvalue weighted by Crippen LogP contribution is 2.14. The summed E-state index contributed by atoms with van der Waals surface area (Å²) in [4.78, 5) is 11.8. The van der Waals surface area contributed by atoms with Crippen LogP contribution in [0, 0.1) is 11.8 Å². The van der Waals surface area contributed by atoms with Crippen molar-refractivity contribution in [1.82, 2.24) is 0 Å². The summed E-state index contributed by atoms with van der Waals surface area (Å²) in [6, 6.07) is 17.2. The van der Waals surface area contributed by atoms with E-state index in [2.05, 4.69) is 24.1 Å². The van der Waals surface area contributed by atoms with E-state index < -0.39 is 0 Å². The number of hydrogen-bond acceptors (Lipinski definition) is 1. The topological polar surface area (TPSA) is 29.1 Å². The van der Waals surface area contributed by atoms with Crippen molar-refractivity contribution in [3.8, 4) is 11.8 Å². The molecule has 0 bridgehead atoms. The van der Waals surface area contributed by atoms with Crippen molar-refractivity contribution in [2.75, 3.05) is 5.32 Å². The molecule has 2 aromatic rings. The van der Waals surface area contributed by atoms with Gasteiger partial charge in [-0.25, -0.2) is 0 Å². The van der Waals surface area contributed by atoms with Crippen LogP contribution >= 0.6 is 0 Å². The second-order valence-corrected chi connectivity index (χ2v) is 4.08. The fourth-order valence-electron chi connectivity index (χ4n) is 1.75. The third-order valence-electron chi connectivity index (χ3n) is 2.74. The maximum atomic E-state index is 11.8. The Bertz CT molecular complexity index is 620. The van der Waals surface area contributed by atoms with E-state index in [1.54, 1.807) is 0 Å². The highest BCUT2D eigenvalue weighted by molar-refractivity contribution is 6.04. The van der Waals surface area contributed by atoms with Crippen molar-refractivity contribution in [2.45, 2.75) is 13.3 Å². The van der Waals surface area contributed by atoms with Crippen LogP contribution in [0.4, 0.5) is 5.69 Å². The summed E-state index contributed by atoms with van der Waals surface area (Å²) in [7, 11) is 0. The number of rotatable bonds is 2. The molecule has 1 N–H and O–H groups in total. The van der Waals surface area contributed by atoms with E-state index in [1.165, 1.54) is 0 Å². The Balaban J connectivity index is 2.08. The number of carbonyl (C=O) groups excluding carboxylic acids is 1. The SMILES string of the molecule is CCc1ccccc1NC(=O)C#Cc1ccccc1. The van der Waals surface area contributed by atoms with Gasteiger partial charge in [-0.05, 0) is 30.2 Å². The summed E-state index contributed by atoms with van der Waals surface area (Å²) >= 11 is 0. The van der Waals surface area contributed by atoms with E-state index in [1.807, 2.05) is 54.6 Å². The molecule has 0 fully saturated rings. The minimum atomic E-state index is -0.287. The van der Waals surface area contributed by atoms with E-state index in [9.17, 15) is 4.79 Å². The summed E-state index contributed by atoms with van der Waals surface area (Å²) in [6.07, 6.45) is 0.878. The van der Waals surface area contributed by atoms with Gasteiger partial charge in [-0.2, -0.15) is 0 Å². The molecule has 0 unspecified atom stereocenters. The fourth-order valence-corrected chi connectivity index (χ4v) is 1.75. The molecule has 2 aromatic carbocycles. The summed E-state index contributed by atoms with van der Waals surface area (Å²) in [5.41, 5.74) is 2.77. The van der Waals surface area contributed by atoms with Gasteiger partial charge in [-0.3, -0.25) is 4.79 Å². The number of carbonyl (C=O) groups is 1. The third-order valence-corrected chi connectivity index (χ3v) is 2.74. The van der Waals surface area contributed by atoms with Crippen LogP contribution in [0.25, 0.3) is 0 Å². The average molecular weight is 249 g/mol. The van der Waals surface area contributed by atoms with Crippen molar-refractivity contribution in [3.05, 3.63) is 65.7 Å². The summed E-state index contributed by atoms with van der Waals surface area (Å²) in [5, 5.41) is 2.82. The average Bonchev–Trinajstić information content (AvgIpc) is 2.47. The van der Waals surface area contributed by atoms with Gasteiger partial charge < -0.3 is 5.32 Å². The first-order valence-electron chi connectivity index (χ1n) is 6.25. The number of anilines is 1. The Kier molecular flexibility index (Phi) is 4.36. The van der Waals surface area contributed by atoms with Gasteiger partial charge in [0.15, 0.2) is 0 Å². The zero-order valence-corrected chi connectivity index (χ0v) is 10.8. The van der Waals surface area contributed by atoms with Crippen LogP contribution in [0.15, 0.2) is 54.6 Å². The second-order valence-electron chi connectivity index (χ2n) is 4.08. The predicted octanol–water partition coefficient (Wildman–Crippen LogP) is 3.24. The Morgan fingerprint density at radius 3 is 2.47 bits per heavy atom. The first-order valence-corrected chi connectivity index (χ1v) is 6.25. The van der Waals surface area contributed by atoms with Crippen LogP contribution in [0.1, 0.15) is 18.1 Å². The zero-order valence-electron chi connectivity index (χ0n) is 10.8. The predicted molar refractivity (Wildman–Crippen MR) is 77.8 cm³/mol. The van der Waals surface area contributed by atoms with Crippen LogP contribution in [-0.2, 0) is 11.2 Å². The number of aryl methyl sites for hydroxylation is 1. The minimum absolute atomic E-state index is 0.287. The molecule has 0 aliphatic carbocycles. The molecular weight excluding hydrogens is 234 g/mol. The molecule has 2 rings (SSSR count). The highest BCUT2D eigenvalue weighted by Gasteiger charge is 2.02. The number of nitrogens with one attached hydrogen (secondary N) is 1. The Labute approximate surface area is 113 Å². The minimum Gasteiger partial charge on any atom is -0.315 e. The molecule has 19 heavy (non-hydrogen) atoms. The lowest BCUT2D eigenvalue weighted by Gasteiger charge is -2.06. The summed E-state index contributed by atoms with van der Waals surface area (Å²) in [5.74, 6) is 5.15. The maximum Gasteiger partial charge on any atom is 0.300 e. The Hall–Kier alpha value is -2.53. The molecule has 0 saturated carbocycles. The first-order chi connectivity index (χ1) is 9.29. The molecule has 1 amide bonds. The molecule has 0 atom stereocenters. The Morgan fingerprint density at radius 2 is 1.74 bits per heavy atom. The third kappa shape index (κ3) is 3.72. The molecule has 94 valence electrons. The van der Waals surface area contributed by atoms with Crippen LogP contribution in [0.3, 0.4) is 0 Å². The van der Waals surface area contributed by atoms with E-state index in [4.69, 9.17) is 0 Å². The van der Waals surface area contributed by atoms with Crippen LogP contribution < -0.4 is 5.32 Å². The first kappa shape index (κ1) is 12.9. The number of amides is 1. The molecule has 0 radical (unpaired) electrons. The molecule has 2 heteroatoms. The summed E-state index contributed by atoms with van der Waals surface area (Å²) in [6.45, 7) is 2.06. The molecule has 0 aliphatic heterocycles. The van der Waals surface area contributed by atoms with Gasteiger partial charge in [0.05, 0.1) is 0 Å². The lowest BCUT2D eigenvalue weighted by Crippen LogP contribution is -2.10. The van der Waals surface area contributed by atoms with Crippen LogP contribution in [-0.4, -0.2) is 5.91 Å². The van der Waals surface area contributed by atoms with Gasteiger partial charge in [-0.15, -0.1) is 0 Å². The molecule has 0 aliphatic rings. The number of hydrogen-bond donors (Lipinski definition) is 1. The van der Waals surface area contributed by atoms with Gasteiger partial charge in [0.25, 0.3) is 0 Å². The normalized spacial score (nSPS) is 9.32. The summed E-state index contributed by atoms with van der Waals surface area (Å²) < 4.78 is 0. The van der Waals surface area contributed by atoms with Gasteiger partial charge in [-0.1, -0.05) is 49.2 Å². The largest absolute Gasteiger partial charge is 0.315 e. The quantitative estimate of drug-likeness (QED) is 0.813. The highest BCUT2D eigenvalue weighted by atomic mass is 16.1. The van der Waals surface area contributed by atoms with Crippen molar-refractivity contribution in [2.24, 2.45) is 0 Å². The fraction of sp³-hybridized carbons (Fsp3) is 0.118. The lowest BCUT2D eigenvalue weighted by molar-refractivity contribution is -0.111. The lowest BCUT2D eigenvalue weighted by atomic mass is 10.1. The van der Waals surface area contributed by atoms with Gasteiger partial charge in [0.2, 0.25) is 0 Å². The second kappa shape index (κ2) is 6.42. The number of benzene rings is 2. The Morgan fingerprint density at radius 1 is 1.05 bits per heavy atom. The molecule has 0 heterocycles. The van der Waals surface area contributed by atoms with Crippen molar-refractivity contribution in [1.29, 1.82) is 0 Å². The maximum absolute atomic E-state index is 11.8. The van der Waals surface area contributed by atoms with Crippen molar-refractivity contribution in [3.63, 3.8) is 0 Å².